The maximum atomic E-state index is 13.2. The van der Waals surface area contributed by atoms with Gasteiger partial charge in [0.1, 0.15) is 16.5 Å². The van der Waals surface area contributed by atoms with Crippen molar-refractivity contribution in [2.45, 2.75) is 36.0 Å². The van der Waals surface area contributed by atoms with Gasteiger partial charge in [0, 0.05) is 24.4 Å². The molecule has 0 spiro atoms. The van der Waals surface area contributed by atoms with Crippen LogP contribution in [0.3, 0.4) is 0 Å². The molecule has 1 aromatic carbocycles. The Morgan fingerprint density at radius 1 is 1.17 bits per heavy atom. The highest BCUT2D eigenvalue weighted by Crippen LogP contribution is 2.41. The Labute approximate surface area is 142 Å². The zero-order valence-corrected chi connectivity index (χ0v) is 14.4. The van der Waals surface area contributed by atoms with Crippen molar-refractivity contribution in [3.63, 3.8) is 0 Å². The average molecular weight is 348 g/mol. The number of pyridine rings is 1. The lowest BCUT2D eigenvalue weighted by atomic mass is 9.79. The number of hydrogen-bond acceptors (Lipinski definition) is 4. The molecule has 0 unspecified atom stereocenters. The molecule has 3 rings (SSSR count). The van der Waals surface area contributed by atoms with E-state index < -0.39 is 9.84 Å². The van der Waals surface area contributed by atoms with Crippen LogP contribution in [0.15, 0.2) is 47.5 Å². The van der Waals surface area contributed by atoms with Gasteiger partial charge < -0.3 is 5.32 Å². The molecule has 1 heterocycles. The molecule has 0 atom stereocenters. The van der Waals surface area contributed by atoms with Gasteiger partial charge in [0.2, 0.25) is 0 Å². The van der Waals surface area contributed by atoms with Crippen LogP contribution in [0.25, 0.3) is 0 Å². The highest BCUT2D eigenvalue weighted by molar-refractivity contribution is 7.90. The molecule has 24 heavy (non-hydrogen) atoms. The molecule has 1 fully saturated rings. The standard InChI is InChI=1S/C18H21FN2O2S/c1-24(22,23)16-5-4-12-20-17(16)21-13-18(10-2-3-11-18)14-6-8-15(19)9-7-14/h4-9,12H,2-3,10-11,13H2,1H3,(H,20,21). The Morgan fingerprint density at radius 3 is 2.46 bits per heavy atom. The first-order valence-electron chi connectivity index (χ1n) is 8.06. The third-order valence-electron chi connectivity index (χ3n) is 4.78. The summed E-state index contributed by atoms with van der Waals surface area (Å²) in [6.45, 7) is 0.582. The van der Waals surface area contributed by atoms with E-state index in [-0.39, 0.29) is 16.1 Å². The van der Waals surface area contributed by atoms with E-state index in [1.54, 1.807) is 18.3 Å². The summed E-state index contributed by atoms with van der Waals surface area (Å²) >= 11 is 0. The minimum Gasteiger partial charge on any atom is -0.368 e. The number of halogens is 1. The van der Waals surface area contributed by atoms with E-state index in [9.17, 15) is 12.8 Å². The molecule has 1 aromatic heterocycles. The van der Waals surface area contributed by atoms with Crippen molar-refractivity contribution in [2.24, 2.45) is 0 Å². The second-order valence-corrected chi connectivity index (χ2v) is 8.45. The fourth-order valence-corrected chi connectivity index (χ4v) is 4.30. The van der Waals surface area contributed by atoms with Gasteiger partial charge in [-0.05, 0) is 42.7 Å². The lowest BCUT2D eigenvalue weighted by Crippen LogP contribution is -2.32. The normalized spacial score (nSPS) is 16.9. The summed E-state index contributed by atoms with van der Waals surface area (Å²) in [7, 11) is -3.34. The largest absolute Gasteiger partial charge is 0.368 e. The third-order valence-corrected chi connectivity index (χ3v) is 5.91. The van der Waals surface area contributed by atoms with Crippen molar-refractivity contribution in [3.8, 4) is 0 Å². The van der Waals surface area contributed by atoms with Gasteiger partial charge in [-0.15, -0.1) is 0 Å². The van der Waals surface area contributed by atoms with Crippen LogP contribution in [0.4, 0.5) is 10.2 Å². The fourth-order valence-electron chi connectivity index (χ4n) is 3.50. The van der Waals surface area contributed by atoms with Gasteiger partial charge in [0.15, 0.2) is 9.84 Å². The summed E-state index contributed by atoms with van der Waals surface area (Å²) in [6, 6.07) is 9.81. The van der Waals surface area contributed by atoms with Crippen molar-refractivity contribution in [1.82, 2.24) is 4.98 Å². The zero-order chi connectivity index (χ0) is 17.2. The lowest BCUT2D eigenvalue weighted by molar-refractivity contribution is 0.464. The number of rotatable bonds is 5. The predicted octanol–water partition coefficient (Wildman–Crippen LogP) is 3.55. The first kappa shape index (κ1) is 16.9. The van der Waals surface area contributed by atoms with Gasteiger partial charge in [0.05, 0.1) is 0 Å². The fraction of sp³-hybridized carbons (Fsp3) is 0.389. The van der Waals surface area contributed by atoms with Crippen molar-refractivity contribution >= 4 is 15.7 Å². The number of anilines is 1. The molecule has 2 aromatic rings. The topological polar surface area (TPSA) is 59.1 Å². The zero-order valence-electron chi connectivity index (χ0n) is 13.6. The summed E-state index contributed by atoms with van der Waals surface area (Å²) < 4.78 is 37.1. The van der Waals surface area contributed by atoms with Crippen LogP contribution in [0.5, 0.6) is 0 Å². The minimum absolute atomic E-state index is 0.111. The first-order valence-corrected chi connectivity index (χ1v) is 9.95. The minimum atomic E-state index is -3.34. The monoisotopic (exact) mass is 348 g/mol. The molecule has 0 radical (unpaired) electrons. The van der Waals surface area contributed by atoms with E-state index in [0.717, 1.165) is 31.2 Å². The van der Waals surface area contributed by atoms with Crippen LogP contribution in [-0.2, 0) is 15.3 Å². The molecule has 4 nitrogen and oxygen atoms in total. The van der Waals surface area contributed by atoms with Crippen LogP contribution in [-0.4, -0.2) is 26.2 Å². The van der Waals surface area contributed by atoms with E-state index in [1.807, 2.05) is 12.1 Å². The molecular weight excluding hydrogens is 327 g/mol. The van der Waals surface area contributed by atoms with Crippen molar-refractivity contribution in [1.29, 1.82) is 0 Å². The molecular formula is C18H21FN2O2S. The van der Waals surface area contributed by atoms with Crippen LogP contribution in [0.1, 0.15) is 31.2 Å². The molecule has 0 amide bonds. The first-order chi connectivity index (χ1) is 11.4. The summed E-state index contributed by atoms with van der Waals surface area (Å²) in [5.74, 6) is 0.136. The van der Waals surface area contributed by atoms with Crippen LogP contribution >= 0.6 is 0 Å². The second-order valence-electron chi connectivity index (χ2n) is 6.47. The molecule has 1 saturated carbocycles. The van der Waals surface area contributed by atoms with Crippen molar-refractivity contribution in [3.05, 3.63) is 54.0 Å². The quantitative estimate of drug-likeness (QED) is 0.898. The van der Waals surface area contributed by atoms with Crippen LogP contribution < -0.4 is 5.32 Å². The van der Waals surface area contributed by atoms with Gasteiger partial charge >= 0.3 is 0 Å². The summed E-state index contributed by atoms with van der Waals surface area (Å²) in [5, 5.41) is 3.23. The Hall–Kier alpha value is -1.95. The highest BCUT2D eigenvalue weighted by Gasteiger charge is 2.35. The summed E-state index contributed by atoms with van der Waals surface area (Å²) in [4.78, 5) is 4.40. The number of sulfone groups is 1. The number of nitrogens with zero attached hydrogens (tertiary/aromatic N) is 1. The number of benzene rings is 1. The third kappa shape index (κ3) is 3.43. The summed E-state index contributed by atoms with van der Waals surface area (Å²) in [5.41, 5.74) is 0.978. The molecule has 1 N–H and O–H groups in total. The van der Waals surface area contributed by atoms with Gasteiger partial charge in [0.25, 0.3) is 0 Å². The maximum absolute atomic E-state index is 13.2. The predicted molar refractivity (Wildman–Crippen MR) is 92.4 cm³/mol. The lowest BCUT2D eigenvalue weighted by Gasteiger charge is -2.30. The molecule has 1 aliphatic rings. The van der Waals surface area contributed by atoms with Crippen LogP contribution in [0.2, 0.25) is 0 Å². The number of hydrogen-bond donors (Lipinski definition) is 1. The van der Waals surface area contributed by atoms with E-state index in [2.05, 4.69) is 10.3 Å². The molecule has 1 aliphatic carbocycles. The van der Waals surface area contributed by atoms with E-state index in [0.29, 0.717) is 12.4 Å². The molecule has 0 bridgehead atoms. The SMILES string of the molecule is CS(=O)(=O)c1cccnc1NCC1(c2ccc(F)cc2)CCCC1. The van der Waals surface area contributed by atoms with E-state index >= 15 is 0 Å². The van der Waals surface area contributed by atoms with Gasteiger partial charge in [-0.2, -0.15) is 0 Å². The van der Waals surface area contributed by atoms with Gasteiger partial charge in [-0.1, -0.05) is 25.0 Å². The Balaban J connectivity index is 1.88. The smallest absolute Gasteiger partial charge is 0.179 e. The Kier molecular flexibility index (Phi) is 4.58. The number of nitrogens with one attached hydrogen (secondary N) is 1. The van der Waals surface area contributed by atoms with E-state index in [1.165, 1.54) is 18.4 Å². The van der Waals surface area contributed by atoms with Crippen LogP contribution in [0, 0.1) is 5.82 Å². The molecule has 6 heteroatoms. The molecule has 128 valence electrons. The Morgan fingerprint density at radius 2 is 1.83 bits per heavy atom. The van der Waals surface area contributed by atoms with Crippen molar-refractivity contribution in [2.75, 3.05) is 18.1 Å². The average Bonchev–Trinajstić information content (AvgIpc) is 3.03. The second kappa shape index (κ2) is 6.51. The summed E-state index contributed by atoms with van der Waals surface area (Å²) in [6.07, 6.45) is 6.97. The maximum Gasteiger partial charge on any atom is 0.179 e. The highest BCUT2D eigenvalue weighted by atomic mass is 32.2. The number of aromatic nitrogens is 1. The van der Waals surface area contributed by atoms with E-state index in [4.69, 9.17) is 0 Å². The van der Waals surface area contributed by atoms with Gasteiger partial charge in [-0.25, -0.2) is 17.8 Å². The molecule has 0 aliphatic heterocycles. The Bertz CT molecular complexity index is 813. The van der Waals surface area contributed by atoms with Gasteiger partial charge in [-0.3, -0.25) is 0 Å². The van der Waals surface area contributed by atoms with Crippen molar-refractivity contribution < 1.29 is 12.8 Å². The molecule has 0 saturated heterocycles.